The monoisotopic (exact) mass is 289 g/mol. The second-order valence-electron chi connectivity index (χ2n) is 5.17. The van der Waals surface area contributed by atoms with Crippen LogP contribution in [0.5, 0.6) is 5.75 Å². The maximum absolute atomic E-state index is 6.02. The highest BCUT2D eigenvalue weighted by molar-refractivity contribution is 7.09. The van der Waals surface area contributed by atoms with Crippen LogP contribution in [-0.4, -0.2) is 36.1 Å². The summed E-state index contributed by atoms with van der Waals surface area (Å²) in [4.78, 5) is 6.76. The third kappa shape index (κ3) is 3.11. The van der Waals surface area contributed by atoms with Crippen molar-refractivity contribution in [3.63, 3.8) is 0 Å². The van der Waals surface area contributed by atoms with Crippen molar-refractivity contribution in [2.45, 2.75) is 19.6 Å². The first kappa shape index (κ1) is 13.4. The number of rotatable bonds is 4. The summed E-state index contributed by atoms with van der Waals surface area (Å²) in [6.45, 7) is 4.64. The molecule has 4 nitrogen and oxygen atoms in total. The number of para-hydroxylation sites is 2. The van der Waals surface area contributed by atoms with Crippen LogP contribution >= 0.6 is 11.3 Å². The number of aromatic nitrogens is 1. The molecule has 0 fully saturated rings. The van der Waals surface area contributed by atoms with Gasteiger partial charge in [-0.1, -0.05) is 12.1 Å². The van der Waals surface area contributed by atoms with Gasteiger partial charge in [0.1, 0.15) is 11.9 Å². The third-order valence-corrected chi connectivity index (χ3v) is 4.14. The number of ether oxygens (including phenoxy) is 1. The van der Waals surface area contributed by atoms with Crippen LogP contribution in [0.2, 0.25) is 0 Å². The molecular weight excluding hydrogens is 270 g/mol. The summed E-state index contributed by atoms with van der Waals surface area (Å²) in [5, 5.41) is 6.67. The Hall–Kier alpha value is -1.59. The highest BCUT2D eigenvalue weighted by Crippen LogP contribution is 2.28. The van der Waals surface area contributed by atoms with Crippen molar-refractivity contribution in [1.82, 2.24) is 9.88 Å². The number of nitrogens with zero attached hydrogens (tertiary/aromatic N) is 2. The van der Waals surface area contributed by atoms with Gasteiger partial charge in [0.05, 0.1) is 22.9 Å². The van der Waals surface area contributed by atoms with Crippen molar-refractivity contribution in [2.24, 2.45) is 0 Å². The van der Waals surface area contributed by atoms with Gasteiger partial charge in [-0.05, 0) is 26.1 Å². The minimum atomic E-state index is 0.176. The lowest BCUT2D eigenvalue weighted by Crippen LogP contribution is -2.40. The van der Waals surface area contributed by atoms with Crippen LogP contribution in [0.25, 0.3) is 0 Å². The first-order chi connectivity index (χ1) is 9.70. The van der Waals surface area contributed by atoms with Crippen LogP contribution in [0.15, 0.2) is 29.6 Å². The van der Waals surface area contributed by atoms with Crippen molar-refractivity contribution < 1.29 is 4.74 Å². The maximum atomic E-state index is 6.02. The smallest absolute Gasteiger partial charge is 0.142 e. The Bertz CT molecular complexity index is 584. The summed E-state index contributed by atoms with van der Waals surface area (Å²) < 4.78 is 6.02. The van der Waals surface area contributed by atoms with Gasteiger partial charge < -0.3 is 10.1 Å². The Labute approximate surface area is 123 Å². The molecule has 3 rings (SSSR count). The van der Waals surface area contributed by atoms with E-state index in [1.165, 1.54) is 0 Å². The average molecular weight is 289 g/mol. The van der Waals surface area contributed by atoms with E-state index < -0.39 is 0 Å². The summed E-state index contributed by atoms with van der Waals surface area (Å²) in [5.41, 5.74) is 2.22. The topological polar surface area (TPSA) is 37.4 Å². The van der Waals surface area contributed by atoms with Gasteiger partial charge in [0.2, 0.25) is 0 Å². The summed E-state index contributed by atoms with van der Waals surface area (Å²) in [6, 6.07) is 8.09. The van der Waals surface area contributed by atoms with Gasteiger partial charge in [-0.25, -0.2) is 4.98 Å². The molecule has 0 radical (unpaired) electrons. The van der Waals surface area contributed by atoms with Gasteiger partial charge in [-0.2, -0.15) is 0 Å². The summed E-state index contributed by atoms with van der Waals surface area (Å²) in [6.07, 6.45) is 0.176. The molecule has 1 unspecified atom stereocenters. The number of nitrogens with one attached hydrogen (secondary N) is 1. The fraction of sp³-hybridized carbons (Fsp3) is 0.400. The van der Waals surface area contributed by atoms with Crippen molar-refractivity contribution in [3.8, 4) is 5.75 Å². The molecule has 0 saturated carbocycles. The molecule has 20 heavy (non-hydrogen) atoms. The van der Waals surface area contributed by atoms with Crippen molar-refractivity contribution in [3.05, 3.63) is 40.3 Å². The minimum Gasteiger partial charge on any atom is -0.485 e. The molecule has 1 N–H and O–H groups in total. The molecule has 106 valence electrons. The fourth-order valence-electron chi connectivity index (χ4n) is 2.43. The number of hydrogen-bond acceptors (Lipinski definition) is 5. The van der Waals surface area contributed by atoms with E-state index in [4.69, 9.17) is 4.74 Å². The van der Waals surface area contributed by atoms with Gasteiger partial charge in [0, 0.05) is 18.5 Å². The Morgan fingerprint density at radius 1 is 1.45 bits per heavy atom. The molecule has 0 aliphatic carbocycles. The number of hydrogen-bond donors (Lipinski definition) is 1. The number of aryl methyl sites for hydroxylation is 1. The number of likely N-dealkylation sites (N-methyl/N-ethyl adjacent to an activating group) is 1. The van der Waals surface area contributed by atoms with E-state index >= 15 is 0 Å². The lowest BCUT2D eigenvalue weighted by Gasteiger charge is -2.30. The zero-order chi connectivity index (χ0) is 13.9. The van der Waals surface area contributed by atoms with Crippen molar-refractivity contribution in [2.75, 3.05) is 25.5 Å². The van der Waals surface area contributed by atoms with E-state index in [0.717, 1.165) is 41.8 Å². The predicted molar refractivity (Wildman–Crippen MR) is 82.5 cm³/mol. The van der Waals surface area contributed by atoms with Crippen LogP contribution in [0.3, 0.4) is 0 Å². The number of anilines is 1. The standard InChI is InChI=1S/C15H19N3OS/c1-11-17-12(10-20-11)8-18(2)9-13-7-16-14-5-3-4-6-15(14)19-13/h3-6,10,13,16H,7-9H2,1-2H3. The van der Waals surface area contributed by atoms with Crippen LogP contribution in [-0.2, 0) is 6.54 Å². The van der Waals surface area contributed by atoms with E-state index in [9.17, 15) is 0 Å². The number of benzene rings is 1. The average Bonchev–Trinajstić information content (AvgIpc) is 2.83. The minimum absolute atomic E-state index is 0.176. The fourth-order valence-corrected chi connectivity index (χ4v) is 3.04. The molecule has 2 heterocycles. The lowest BCUT2D eigenvalue weighted by atomic mass is 10.2. The molecule has 1 aliphatic rings. The SMILES string of the molecule is Cc1nc(CN(C)CC2CNc3ccccc3O2)cs1. The Morgan fingerprint density at radius 2 is 2.30 bits per heavy atom. The van der Waals surface area contributed by atoms with Crippen LogP contribution in [0, 0.1) is 6.92 Å². The Balaban J connectivity index is 1.56. The number of thiazole rings is 1. The zero-order valence-electron chi connectivity index (χ0n) is 11.8. The largest absolute Gasteiger partial charge is 0.485 e. The second-order valence-corrected chi connectivity index (χ2v) is 6.23. The van der Waals surface area contributed by atoms with Gasteiger partial charge in [-0.15, -0.1) is 11.3 Å². The second kappa shape index (κ2) is 5.81. The number of fused-ring (bicyclic) bond motifs is 1. The van der Waals surface area contributed by atoms with E-state index in [1.807, 2.05) is 31.2 Å². The van der Waals surface area contributed by atoms with Gasteiger partial charge in [-0.3, -0.25) is 4.90 Å². The third-order valence-electron chi connectivity index (χ3n) is 3.31. The molecule has 1 aliphatic heterocycles. The highest BCUT2D eigenvalue weighted by atomic mass is 32.1. The van der Waals surface area contributed by atoms with Crippen LogP contribution < -0.4 is 10.1 Å². The molecule has 0 spiro atoms. The van der Waals surface area contributed by atoms with Crippen molar-refractivity contribution >= 4 is 17.0 Å². The molecule has 1 aromatic heterocycles. The quantitative estimate of drug-likeness (QED) is 0.939. The predicted octanol–water partition coefficient (Wildman–Crippen LogP) is 2.76. The molecule has 0 bridgehead atoms. The van der Waals surface area contributed by atoms with E-state index in [0.29, 0.717) is 0 Å². The van der Waals surface area contributed by atoms with Crippen molar-refractivity contribution in [1.29, 1.82) is 0 Å². The van der Waals surface area contributed by atoms with Crippen LogP contribution in [0.4, 0.5) is 5.69 Å². The molecule has 1 atom stereocenters. The first-order valence-corrected chi connectivity index (χ1v) is 7.68. The van der Waals surface area contributed by atoms with E-state index in [1.54, 1.807) is 11.3 Å². The molecular formula is C15H19N3OS. The first-order valence-electron chi connectivity index (χ1n) is 6.80. The van der Waals surface area contributed by atoms with Crippen LogP contribution in [0.1, 0.15) is 10.7 Å². The van der Waals surface area contributed by atoms with Gasteiger partial charge >= 0.3 is 0 Å². The Morgan fingerprint density at radius 3 is 3.10 bits per heavy atom. The zero-order valence-corrected chi connectivity index (χ0v) is 12.6. The molecule has 2 aromatic rings. The van der Waals surface area contributed by atoms with E-state index in [2.05, 4.69) is 27.6 Å². The normalized spacial score (nSPS) is 17.4. The molecule has 5 heteroatoms. The van der Waals surface area contributed by atoms with Gasteiger partial charge in [0.15, 0.2) is 0 Å². The van der Waals surface area contributed by atoms with Gasteiger partial charge in [0.25, 0.3) is 0 Å². The molecule has 0 saturated heterocycles. The lowest BCUT2D eigenvalue weighted by molar-refractivity contribution is 0.147. The van der Waals surface area contributed by atoms with E-state index in [-0.39, 0.29) is 6.10 Å². The molecule has 0 amide bonds. The Kier molecular flexibility index (Phi) is 3.89. The summed E-state index contributed by atoms with van der Waals surface area (Å²) in [5.74, 6) is 0.946. The highest BCUT2D eigenvalue weighted by Gasteiger charge is 2.20. The summed E-state index contributed by atoms with van der Waals surface area (Å²) in [7, 11) is 2.11. The maximum Gasteiger partial charge on any atom is 0.142 e. The molecule has 1 aromatic carbocycles. The summed E-state index contributed by atoms with van der Waals surface area (Å²) >= 11 is 1.70.